The lowest BCUT2D eigenvalue weighted by Gasteiger charge is -2.39. The van der Waals surface area contributed by atoms with E-state index >= 15 is 0 Å². The van der Waals surface area contributed by atoms with Gasteiger partial charge in [-0.3, -0.25) is 4.90 Å². The van der Waals surface area contributed by atoms with Crippen LogP contribution in [0.25, 0.3) is 0 Å². The van der Waals surface area contributed by atoms with Crippen molar-refractivity contribution in [2.45, 2.75) is 39.3 Å². The van der Waals surface area contributed by atoms with E-state index in [1.807, 2.05) is 32.6 Å². The second kappa shape index (κ2) is 6.85. The van der Waals surface area contributed by atoms with Crippen LogP contribution >= 0.6 is 0 Å². The summed E-state index contributed by atoms with van der Waals surface area (Å²) in [6.45, 7) is 9.76. The Hall–Kier alpha value is -0.680. The van der Waals surface area contributed by atoms with E-state index in [0.717, 1.165) is 0 Å². The van der Waals surface area contributed by atoms with Crippen molar-refractivity contribution in [1.82, 2.24) is 9.21 Å². The van der Waals surface area contributed by atoms with Crippen molar-refractivity contribution < 1.29 is 13.2 Å². The molecule has 0 aliphatic carbocycles. The average molecular weight is 303 g/mol. The molecule has 0 aromatic rings. The topological polar surface area (TPSA) is 73.6 Å². The van der Waals surface area contributed by atoms with Gasteiger partial charge in [0, 0.05) is 26.2 Å². The quantitative estimate of drug-likeness (QED) is 0.721. The highest BCUT2D eigenvalue weighted by atomic mass is 32.2. The second-order valence-corrected chi connectivity index (χ2v) is 7.88. The van der Waals surface area contributed by atoms with Gasteiger partial charge in [0.2, 0.25) is 10.0 Å². The largest absolute Gasteiger partial charge is 0.378 e. The maximum absolute atomic E-state index is 12.2. The number of hydrogen-bond acceptors (Lipinski definition) is 5. The van der Waals surface area contributed by atoms with Crippen LogP contribution < -0.4 is 0 Å². The van der Waals surface area contributed by atoms with Crippen LogP contribution in [0.1, 0.15) is 27.7 Å². The van der Waals surface area contributed by atoms with Crippen LogP contribution in [0.4, 0.5) is 0 Å². The average Bonchev–Trinajstić information content (AvgIpc) is 2.38. The lowest BCUT2D eigenvalue weighted by atomic mass is 10.0. The highest BCUT2D eigenvalue weighted by Gasteiger charge is 2.33. The third-order valence-electron chi connectivity index (χ3n) is 3.49. The van der Waals surface area contributed by atoms with Crippen LogP contribution in [0.15, 0.2) is 0 Å². The predicted octanol–water partition coefficient (Wildman–Crippen LogP) is 0.661. The molecule has 1 aliphatic rings. The molecule has 6 nitrogen and oxygen atoms in total. The van der Waals surface area contributed by atoms with Gasteiger partial charge in [0.15, 0.2) is 0 Å². The normalized spacial score (nSPS) is 19.2. The van der Waals surface area contributed by atoms with Crippen molar-refractivity contribution in [3.05, 3.63) is 0 Å². The summed E-state index contributed by atoms with van der Waals surface area (Å²) in [5, 5.41) is 9.10. The highest BCUT2D eigenvalue weighted by Crippen LogP contribution is 2.17. The summed E-state index contributed by atoms with van der Waals surface area (Å²) in [6.07, 6.45) is 0.0403. The first-order valence-corrected chi connectivity index (χ1v) is 8.55. The van der Waals surface area contributed by atoms with Crippen molar-refractivity contribution in [3.8, 4) is 6.07 Å². The Morgan fingerprint density at radius 2 is 1.80 bits per heavy atom. The van der Waals surface area contributed by atoms with Gasteiger partial charge in [-0.1, -0.05) is 0 Å². The molecule has 1 aliphatic heterocycles. The molecule has 7 heteroatoms. The fourth-order valence-electron chi connectivity index (χ4n) is 2.11. The van der Waals surface area contributed by atoms with E-state index in [-0.39, 0.29) is 18.5 Å². The van der Waals surface area contributed by atoms with Gasteiger partial charge < -0.3 is 4.74 Å². The summed E-state index contributed by atoms with van der Waals surface area (Å²) in [6, 6.07) is 2.25. The molecule has 0 bridgehead atoms. The first-order chi connectivity index (χ1) is 9.19. The van der Waals surface area contributed by atoms with Crippen molar-refractivity contribution in [2.75, 3.05) is 38.5 Å². The Kier molecular flexibility index (Phi) is 5.95. The molecule has 0 atom stereocenters. The van der Waals surface area contributed by atoms with Crippen LogP contribution in [0.5, 0.6) is 0 Å². The summed E-state index contributed by atoms with van der Waals surface area (Å²) in [4.78, 5) is 2.02. The molecule has 0 radical (unpaired) electrons. The van der Waals surface area contributed by atoms with E-state index in [1.54, 1.807) is 0 Å². The van der Waals surface area contributed by atoms with Crippen LogP contribution in [0.2, 0.25) is 0 Å². The maximum atomic E-state index is 12.2. The molecule has 0 unspecified atom stereocenters. The van der Waals surface area contributed by atoms with E-state index in [4.69, 9.17) is 10.00 Å². The molecule has 0 N–H and O–H groups in total. The standard InChI is InChI=1S/C13H25N3O3S/c1-12(2)19-9-10-20(17,18)16-7-5-15(6-8-16)13(3,4)11-14/h12H,5-10H2,1-4H3. The van der Waals surface area contributed by atoms with Crippen molar-refractivity contribution in [2.24, 2.45) is 0 Å². The van der Waals surface area contributed by atoms with Gasteiger partial charge in [-0.25, -0.2) is 8.42 Å². The van der Waals surface area contributed by atoms with Crippen LogP contribution in [-0.4, -0.2) is 67.8 Å². The molecule has 0 saturated carbocycles. The van der Waals surface area contributed by atoms with Crippen molar-refractivity contribution >= 4 is 10.0 Å². The van der Waals surface area contributed by atoms with Gasteiger partial charge in [0.1, 0.15) is 5.54 Å². The zero-order valence-electron chi connectivity index (χ0n) is 12.8. The second-order valence-electron chi connectivity index (χ2n) is 5.79. The number of sulfonamides is 1. The lowest BCUT2D eigenvalue weighted by Crippen LogP contribution is -2.55. The first-order valence-electron chi connectivity index (χ1n) is 6.95. The zero-order valence-corrected chi connectivity index (χ0v) is 13.6. The Morgan fingerprint density at radius 1 is 1.25 bits per heavy atom. The summed E-state index contributed by atoms with van der Waals surface area (Å²) in [5.74, 6) is 0.0207. The zero-order chi connectivity index (χ0) is 15.4. The molecule has 1 rings (SSSR count). The number of piperazine rings is 1. The molecular formula is C13H25N3O3S. The number of hydrogen-bond donors (Lipinski definition) is 0. The van der Waals surface area contributed by atoms with Gasteiger partial charge >= 0.3 is 0 Å². The van der Waals surface area contributed by atoms with E-state index in [0.29, 0.717) is 26.2 Å². The first kappa shape index (κ1) is 17.4. The Balaban J connectivity index is 2.50. The van der Waals surface area contributed by atoms with Crippen molar-refractivity contribution in [1.29, 1.82) is 5.26 Å². The molecule has 1 saturated heterocycles. The minimum Gasteiger partial charge on any atom is -0.378 e. The highest BCUT2D eigenvalue weighted by molar-refractivity contribution is 7.89. The fourth-order valence-corrected chi connectivity index (χ4v) is 3.40. The predicted molar refractivity (Wildman–Crippen MR) is 77.7 cm³/mol. The van der Waals surface area contributed by atoms with E-state index in [9.17, 15) is 8.42 Å². The summed E-state index contributed by atoms with van der Waals surface area (Å²) >= 11 is 0. The van der Waals surface area contributed by atoms with Crippen LogP contribution in [-0.2, 0) is 14.8 Å². The van der Waals surface area contributed by atoms with E-state index < -0.39 is 15.6 Å². The number of rotatable bonds is 6. The molecule has 0 aromatic heterocycles. The smallest absolute Gasteiger partial charge is 0.216 e. The van der Waals surface area contributed by atoms with Gasteiger partial charge in [-0.05, 0) is 27.7 Å². The number of nitrogens with zero attached hydrogens (tertiary/aromatic N) is 3. The minimum absolute atomic E-state index is 0.0207. The molecule has 20 heavy (non-hydrogen) atoms. The van der Waals surface area contributed by atoms with Crippen LogP contribution in [0.3, 0.4) is 0 Å². The molecular weight excluding hydrogens is 278 g/mol. The lowest BCUT2D eigenvalue weighted by molar-refractivity contribution is 0.0890. The Morgan fingerprint density at radius 3 is 2.25 bits per heavy atom. The third-order valence-corrected chi connectivity index (χ3v) is 5.32. The third kappa shape index (κ3) is 4.70. The summed E-state index contributed by atoms with van der Waals surface area (Å²) in [7, 11) is -3.26. The number of nitriles is 1. The SMILES string of the molecule is CC(C)OCCS(=O)(=O)N1CCN(C(C)(C)C#N)CC1. The molecule has 0 spiro atoms. The molecule has 116 valence electrons. The van der Waals surface area contributed by atoms with Gasteiger partial charge in [0.25, 0.3) is 0 Å². The fraction of sp³-hybridized carbons (Fsp3) is 0.923. The Labute approximate surface area is 122 Å². The van der Waals surface area contributed by atoms with Gasteiger partial charge in [-0.15, -0.1) is 0 Å². The molecule has 0 aromatic carbocycles. The monoisotopic (exact) mass is 303 g/mol. The van der Waals surface area contributed by atoms with E-state index in [1.165, 1.54) is 4.31 Å². The summed E-state index contributed by atoms with van der Waals surface area (Å²) in [5.41, 5.74) is -0.545. The van der Waals surface area contributed by atoms with Crippen LogP contribution in [0, 0.1) is 11.3 Å². The van der Waals surface area contributed by atoms with E-state index in [2.05, 4.69) is 6.07 Å². The maximum Gasteiger partial charge on any atom is 0.216 e. The van der Waals surface area contributed by atoms with Gasteiger partial charge in [-0.2, -0.15) is 9.57 Å². The number of ether oxygens (including phenoxy) is 1. The summed E-state index contributed by atoms with van der Waals surface area (Å²) < 4.78 is 31.1. The molecule has 1 heterocycles. The Bertz CT molecular complexity index is 446. The van der Waals surface area contributed by atoms with Gasteiger partial charge in [0.05, 0.1) is 24.5 Å². The minimum atomic E-state index is -3.26. The van der Waals surface area contributed by atoms with Crippen molar-refractivity contribution in [3.63, 3.8) is 0 Å². The molecule has 1 fully saturated rings. The molecule has 0 amide bonds.